The zero-order valence-electron chi connectivity index (χ0n) is 12.4. The molecule has 23 heavy (non-hydrogen) atoms. The molecule has 0 spiro atoms. The molecule has 0 aliphatic rings. The van der Waals surface area contributed by atoms with E-state index in [2.05, 4.69) is 36.6 Å². The van der Waals surface area contributed by atoms with Gasteiger partial charge in [0.1, 0.15) is 5.75 Å². The quantitative estimate of drug-likeness (QED) is 0.689. The van der Waals surface area contributed by atoms with Gasteiger partial charge in [0.25, 0.3) is 0 Å². The van der Waals surface area contributed by atoms with Crippen LogP contribution in [0.4, 0.5) is 0 Å². The number of carbonyl (C=O) groups is 1. The third-order valence-electron chi connectivity index (χ3n) is 3.00. The molecule has 0 fully saturated rings. The van der Waals surface area contributed by atoms with Gasteiger partial charge in [-0.1, -0.05) is 0 Å². The average Bonchev–Trinajstić information content (AvgIpc) is 2.51. The molecule has 0 heterocycles. The summed E-state index contributed by atoms with van der Waals surface area (Å²) >= 11 is 6.84. The first-order valence-electron chi connectivity index (χ1n) is 6.54. The van der Waals surface area contributed by atoms with Crippen LogP contribution in [-0.4, -0.2) is 25.3 Å². The molecule has 5 nitrogen and oxygen atoms in total. The standard InChI is InChI=1S/C16H14Br2O5/c1-21-14-4-3-10(8-13(14)19)23-16-11(17)5-9(6-12(16)18)7-15(20)22-2/h3-6,8,19H,7H2,1-2H3. The van der Waals surface area contributed by atoms with E-state index in [9.17, 15) is 9.90 Å². The highest BCUT2D eigenvalue weighted by Crippen LogP contribution is 2.39. The number of halogens is 2. The first-order chi connectivity index (χ1) is 10.9. The smallest absolute Gasteiger partial charge is 0.309 e. The summed E-state index contributed by atoms with van der Waals surface area (Å²) in [5.41, 5.74) is 0.778. The summed E-state index contributed by atoms with van der Waals surface area (Å²) in [7, 11) is 2.82. The lowest BCUT2D eigenvalue weighted by molar-refractivity contribution is -0.139. The van der Waals surface area contributed by atoms with Gasteiger partial charge in [-0.15, -0.1) is 0 Å². The van der Waals surface area contributed by atoms with Crippen molar-refractivity contribution >= 4 is 37.8 Å². The lowest BCUT2D eigenvalue weighted by Gasteiger charge is -2.13. The minimum Gasteiger partial charge on any atom is -0.504 e. The summed E-state index contributed by atoms with van der Waals surface area (Å²) in [6, 6.07) is 8.30. The molecule has 0 aliphatic heterocycles. The van der Waals surface area contributed by atoms with Gasteiger partial charge in [-0.05, 0) is 61.7 Å². The van der Waals surface area contributed by atoms with Crippen LogP contribution >= 0.6 is 31.9 Å². The third kappa shape index (κ3) is 4.39. The Morgan fingerprint density at radius 1 is 1.13 bits per heavy atom. The van der Waals surface area contributed by atoms with Crippen molar-refractivity contribution in [1.82, 2.24) is 0 Å². The fourth-order valence-corrected chi connectivity index (χ4v) is 3.35. The maximum Gasteiger partial charge on any atom is 0.309 e. The van der Waals surface area contributed by atoms with Crippen molar-refractivity contribution in [1.29, 1.82) is 0 Å². The van der Waals surface area contributed by atoms with Crippen LogP contribution in [0.1, 0.15) is 5.56 Å². The minimum absolute atomic E-state index is 0.0143. The second-order valence-corrected chi connectivity index (χ2v) is 6.29. The Hall–Kier alpha value is -1.73. The van der Waals surface area contributed by atoms with Gasteiger partial charge < -0.3 is 19.3 Å². The number of rotatable bonds is 5. The molecule has 2 aromatic carbocycles. The number of esters is 1. The molecule has 7 heteroatoms. The highest BCUT2D eigenvalue weighted by Gasteiger charge is 2.13. The van der Waals surface area contributed by atoms with Crippen molar-refractivity contribution in [3.05, 3.63) is 44.8 Å². The van der Waals surface area contributed by atoms with Gasteiger partial charge in [-0.2, -0.15) is 0 Å². The van der Waals surface area contributed by atoms with Crippen LogP contribution in [0, 0.1) is 0 Å². The Kier molecular flexibility index (Phi) is 5.90. The Labute approximate surface area is 150 Å². The number of hydrogen-bond acceptors (Lipinski definition) is 5. The van der Waals surface area contributed by atoms with E-state index < -0.39 is 0 Å². The highest BCUT2D eigenvalue weighted by atomic mass is 79.9. The van der Waals surface area contributed by atoms with Gasteiger partial charge in [0.2, 0.25) is 0 Å². The summed E-state index contributed by atoms with van der Waals surface area (Å²) in [6.07, 6.45) is 0.164. The second kappa shape index (κ2) is 7.70. The Balaban J connectivity index is 2.26. The number of phenolic OH excluding ortho intramolecular Hbond substituents is 1. The van der Waals surface area contributed by atoms with E-state index in [1.165, 1.54) is 20.3 Å². The Bertz CT molecular complexity index is 707. The summed E-state index contributed by atoms with van der Waals surface area (Å²) < 4.78 is 16.8. The summed E-state index contributed by atoms with van der Waals surface area (Å²) in [5.74, 6) is 1.01. The number of carbonyl (C=O) groups excluding carboxylic acids is 1. The van der Waals surface area contributed by atoms with Gasteiger partial charge >= 0.3 is 5.97 Å². The van der Waals surface area contributed by atoms with Crippen molar-refractivity contribution in [2.75, 3.05) is 14.2 Å². The number of benzene rings is 2. The predicted octanol–water partition coefficient (Wildman–Crippen LogP) is 4.43. The molecule has 2 rings (SSSR count). The molecule has 122 valence electrons. The van der Waals surface area contributed by atoms with E-state index in [4.69, 9.17) is 9.47 Å². The van der Waals surface area contributed by atoms with Gasteiger partial charge in [-0.3, -0.25) is 4.79 Å². The first-order valence-corrected chi connectivity index (χ1v) is 8.12. The van der Waals surface area contributed by atoms with Gasteiger partial charge in [-0.25, -0.2) is 0 Å². The molecule has 0 unspecified atom stereocenters. The zero-order valence-corrected chi connectivity index (χ0v) is 15.6. The SMILES string of the molecule is COC(=O)Cc1cc(Br)c(Oc2ccc(OC)c(O)c2)c(Br)c1. The zero-order chi connectivity index (χ0) is 17.0. The molecule has 0 atom stereocenters. The topological polar surface area (TPSA) is 65.0 Å². The van der Waals surface area contributed by atoms with E-state index in [-0.39, 0.29) is 18.1 Å². The Morgan fingerprint density at radius 3 is 2.30 bits per heavy atom. The molecule has 2 aromatic rings. The van der Waals surface area contributed by atoms with Crippen LogP contribution in [0.15, 0.2) is 39.3 Å². The third-order valence-corrected chi connectivity index (χ3v) is 4.18. The molecule has 0 saturated heterocycles. The van der Waals surface area contributed by atoms with Crippen LogP contribution in [0.5, 0.6) is 23.0 Å². The minimum atomic E-state index is -0.322. The van der Waals surface area contributed by atoms with Gasteiger partial charge in [0.15, 0.2) is 17.2 Å². The molecular weight excluding hydrogens is 432 g/mol. The van der Waals surface area contributed by atoms with Crippen LogP contribution < -0.4 is 9.47 Å². The van der Waals surface area contributed by atoms with Crippen LogP contribution in [0.3, 0.4) is 0 Å². The van der Waals surface area contributed by atoms with Crippen LogP contribution in [-0.2, 0) is 16.0 Å². The van der Waals surface area contributed by atoms with E-state index in [1.807, 2.05) is 0 Å². The van der Waals surface area contributed by atoms with E-state index in [0.717, 1.165) is 5.56 Å². The van der Waals surface area contributed by atoms with Crippen molar-refractivity contribution in [2.45, 2.75) is 6.42 Å². The average molecular weight is 446 g/mol. The van der Waals surface area contributed by atoms with Crippen molar-refractivity contribution in [2.24, 2.45) is 0 Å². The predicted molar refractivity (Wildman–Crippen MR) is 92.3 cm³/mol. The summed E-state index contributed by atoms with van der Waals surface area (Å²) in [6.45, 7) is 0. The molecule has 0 bridgehead atoms. The Morgan fingerprint density at radius 2 is 1.78 bits per heavy atom. The largest absolute Gasteiger partial charge is 0.504 e. The lowest BCUT2D eigenvalue weighted by Crippen LogP contribution is -2.04. The normalized spacial score (nSPS) is 10.3. The van der Waals surface area contributed by atoms with Crippen LogP contribution in [0.25, 0.3) is 0 Å². The first kappa shape index (κ1) is 17.6. The highest BCUT2D eigenvalue weighted by molar-refractivity contribution is 9.11. The number of phenols is 1. The summed E-state index contributed by atoms with van der Waals surface area (Å²) in [5, 5.41) is 9.80. The maximum atomic E-state index is 11.4. The molecule has 0 radical (unpaired) electrons. The number of methoxy groups -OCH3 is 2. The molecule has 0 aromatic heterocycles. The number of ether oxygens (including phenoxy) is 3. The fraction of sp³-hybridized carbons (Fsp3) is 0.188. The molecule has 1 N–H and O–H groups in total. The number of hydrogen-bond donors (Lipinski definition) is 1. The fourth-order valence-electron chi connectivity index (χ4n) is 1.90. The summed E-state index contributed by atoms with van der Waals surface area (Å²) in [4.78, 5) is 11.4. The van der Waals surface area contributed by atoms with E-state index >= 15 is 0 Å². The maximum absolute atomic E-state index is 11.4. The van der Waals surface area contributed by atoms with Crippen LogP contribution in [0.2, 0.25) is 0 Å². The molecule has 0 amide bonds. The van der Waals surface area contributed by atoms with Gasteiger partial charge in [0, 0.05) is 6.07 Å². The van der Waals surface area contributed by atoms with Crippen molar-refractivity contribution in [3.63, 3.8) is 0 Å². The lowest BCUT2D eigenvalue weighted by atomic mass is 10.1. The van der Waals surface area contributed by atoms with Crippen molar-refractivity contribution < 1.29 is 24.1 Å². The van der Waals surface area contributed by atoms with E-state index in [1.54, 1.807) is 24.3 Å². The van der Waals surface area contributed by atoms with E-state index in [0.29, 0.717) is 26.2 Å². The number of aromatic hydroxyl groups is 1. The van der Waals surface area contributed by atoms with Gasteiger partial charge in [0.05, 0.1) is 29.6 Å². The van der Waals surface area contributed by atoms with Crippen molar-refractivity contribution in [3.8, 4) is 23.0 Å². The molecule has 0 saturated carbocycles. The monoisotopic (exact) mass is 444 g/mol. The molecular formula is C16H14Br2O5. The second-order valence-electron chi connectivity index (χ2n) is 4.58. The molecule has 0 aliphatic carbocycles.